The quantitative estimate of drug-likeness (QED) is 0.770. The van der Waals surface area contributed by atoms with E-state index in [-0.39, 0.29) is 6.04 Å². The smallest absolute Gasteiger partial charge is 0.222 e. The molecular formula is C14H27N3O. The van der Waals surface area contributed by atoms with Crippen molar-refractivity contribution in [1.82, 2.24) is 9.80 Å². The van der Waals surface area contributed by atoms with Crippen molar-refractivity contribution in [3.63, 3.8) is 0 Å². The molecule has 18 heavy (non-hydrogen) atoms. The maximum Gasteiger partial charge on any atom is 0.222 e. The van der Waals surface area contributed by atoms with Gasteiger partial charge in [-0.1, -0.05) is 0 Å². The number of nitrogens with zero attached hydrogens (tertiary/aromatic N) is 2. The Morgan fingerprint density at radius 3 is 2.50 bits per heavy atom. The zero-order chi connectivity index (χ0) is 13.0. The molecule has 0 aromatic heterocycles. The van der Waals surface area contributed by atoms with Crippen molar-refractivity contribution in [2.75, 3.05) is 32.7 Å². The highest BCUT2D eigenvalue weighted by molar-refractivity contribution is 5.76. The van der Waals surface area contributed by atoms with Crippen molar-refractivity contribution < 1.29 is 4.79 Å². The third-order valence-corrected chi connectivity index (χ3v) is 3.99. The number of hydrogen-bond donors (Lipinski definition) is 1. The third-order valence-electron chi connectivity index (χ3n) is 3.99. The first-order valence-corrected chi connectivity index (χ1v) is 7.41. The van der Waals surface area contributed by atoms with Crippen molar-refractivity contribution in [3.05, 3.63) is 0 Å². The molecule has 4 heteroatoms. The van der Waals surface area contributed by atoms with E-state index in [1.807, 2.05) is 11.8 Å². The maximum absolute atomic E-state index is 12.0. The number of carbonyl (C=O) groups is 1. The van der Waals surface area contributed by atoms with Crippen molar-refractivity contribution in [1.29, 1.82) is 0 Å². The first-order valence-electron chi connectivity index (χ1n) is 7.41. The van der Waals surface area contributed by atoms with Crippen LogP contribution in [0.5, 0.6) is 0 Å². The molecule has 1 amide bonds. The zero-order valence-electron chi connectivity index (χ0n) is 11.6. The van der Waals surface area contributed by atoms with Gasteiger partial charge in [0.1, 0.15) is 0 Å². The van der Waals surface area contributed by atoms with Crippen LogP contribution in [0, 0.1) is 5.92 Å². The highest BCUT2D eigenvalue weighted by Crippen LogP contribution is 2.29. The Kier molecular flexibility index (Phi) is 5.01. The van der Waals surface area contributed by atoms with E-state index in [0.29, 0.717) is 12.3 Å². The second-order valence-corrected chi connectivity index (χ2v) is 5.99. The Morgan fingerprint density at radius 1 is 1.28 bits per heavy atom. The predicted octanol–water partition coefficient (Wildman–Crippen LogP) is 1.06. The van der Waals surface area contributed by atoms with Crippen molar-refractivity contribution >= 4 is 5.91 Å². The topological polar surface area (TPSA) is 49.6 Å². The molecule has 104 valence electrons. The van der Waals surface area contributed by atoms with Crippen molar-refractivity contribution in [3.8, 4) is 0 Å². The van der Waals surface area contributed by atoms with E-state index < -0.39 is 0 Å². The molecule has 0 aromatic carbocycles. The molecule has 0 aromatic rings. The molecule has 2 aliphatic rings. The van der Waals surface area contributed by atoms with Crippen LogP contribution in [0.25, 0.3) is 0 Å². The molecule has 2 rings (SSSR count). The van der Waals surface area contributed by atoms with Gasteiger partial charge in [0.05, 0.1) is 0 Å². The number of hydrogen-bond acceptors (Lipinski definition) is 3. The van der Waals surface area contributed by atoms with Crippen LogP contribution >= 0.6 is 0 Å². The molecule has 4 nitrogen and oxygen atoms in total. The second-order valence-electron chi connectivity index (χ2n) is 5.99. The summed E-state index contributed by atoms with van der Waals surface area (Å²) in [4.78, 5) is 16.5. The van der Waals surface area contributed by atoms with E-state index in [4.69, 9.17) is 5.73 Å². The number of nitrogens with two attached hydrogens (primary N) is 1. The molecule has 1 heterocycles. The molecule has 1 saturated carbocycles. The number of amides is 1. The van der Waals surface area contributed by atoms with Crippen LogP contribution in [0.2, 0.25) is 0 Å². The fraction of sp³-hybridized carbons (Fsp3) is 0.929. The largest absolute Gasteiger partial charge is 0.340 e. The highest BCUT2D eigenvalue weighted by Gasteiger charge is 2.27. The van der Waals surface area contributed by atoms with Crippen LogP contribution in [0.15, 0.2) is 0 Å². The molecule has 0 bridgehead atoms. The van der Waals surface area contributed by atoms with Gasteiger partial charge in [-0.25, -0.2) is 0 Å². The van der Waals surface area contributed by atoms with Gasteiger partial charge in [-0.3, -0.25) is 9.69 Å². The van der Waals surface area contributed by atoms with Crippen LogP contribution in [0.4, 0.5) is 0 Å². The van der Waals surface area contributed by atoms with Gasteiger partial charge in [0.25, 0.3) is 0 Å². The number of rotatable bonds is 6. The summed E-state index contributed by atoms with van der Waals surface area (Å²) in [5, 5.41) is 0. The summed E-state index contributed by atoms with van der Waals surface area (Å²) in [6.07, 6.45) is 5.38. The van der Waals surface area contributed by atoms with Crippen molar-refractivity contribution in [2.45, 2.75) is 45.1 Å². The lowest BCUT2D eigenvalue weighted by atomic mass is 10.1. The lowest BCUT2D eigenvalue weighted by Gasteiger charge is -2.34. The Morgan fingerprint density at radius 2 is 1.94 bits per heavy atom. The predicted molar refractivity (Wildman–Crippen MR) is 73.2 cm³/mol. The van der Waals surface area contributed by atoms with Crippen LogP contribution in [0.3, 0.4) is 0 Å². The maximum atomic E-state index is 12.0. The van der Waals surface area contributed by atoms with Crippen LogP contribution in [0.1, 0.15) is 39.0 Å². The van der Waals surface area contributed by atoms with Crippen LogP contribution in [-0.4, -0.2) is 54.5 Å². The molecule has 1 atom stereocenters. The molecule has 2 N–H and O–H groups in total. The fourth-order valence-electron chi connectivity index (χ4n) is 2.58. The van der Waals surface area contributed by atoms with E-state index in [2.05, 4.69) is 4.90 Å². The Labute approximate surface area is 110 Å². The summed E-state index contributed by atoms with van der Waals surface area (Å²) in [5.74, 6) is 1.28. The normalized spacial score (nSPS) is 23.1. The molecule has 0 radical (unpaired) electrons. The molecule has 2 fully saturated rings. The zero-order valence-corrected chi connectivity index (χ0v) is 11.6. The van der Waals surface area contributed by atoms with Gasteiger partial charge < -0.3 is 10.6 Å². The van der Waals surface area contributed by atoms with Gasteiger partial charge in [-0.05, 0) is 38.5 Å². The average Bonchev–Trinajstić information content (AvgIpc) is 3.13. The minimum atomic E-state index is 0.216. The van der Waals surface area contributed by atoms with E-state index >= 15 is 0 Å². The van der Waals surface area contributed by atoms with Gasteiger partial charge in [0.2, 0.25) is 5.91 Å². The Bertz CT molecular complexity index is 268. The lowest BCUT2D eigenvalue weighted by Crippen LogP contribution is -2.49. The molecule has 1 aliphatic heterocycles. The Hall–Kier alpha value is -0.610. The molecule has 1 unspecified atom stereocenters. The van der Waals surface area contributed by atoms with Crippen LogP contribution in [-0.2, 0) is 4.79 Å². The van der Waals surface area contributed by atoms with E-state index in [1.54, 1.807) is 0 Å². The second kappa shape index (κ2) is 6.53. The summed E-state index contributed by atoms with van der Waals surface area (Å²) >= 11 is 0. The highest BCUT2D eigenvalue weighted by atomic mass is 16.2. The third kappa shape index (κ3) is 4.58. The lowest BCUT2D eigenvalue weighted by molar-refractivity contribution is -0.133. The van der Waals surface area contributed by atoms with Gasteiger partial charge in [0, 0.05) is 45.2 Å². The average molecular weight is 253 g/mol. The molecule has 0 spiro atoms. The van der Waals surface area contributed by atoms with Gasteiger partial charge in [-0.15, -0.1) is 0 Å². The van der Waals surface area contributed by atoms with E-state index in [0.717, 1.165) is 44.9 Å². The van der Waals surface area contributed by atoms with Crippen molar-refractivity contribution in [2.24, 2.45) is 11.7 Å². The molecule has 1 saturated heterocycles. The number of piperazine rings is 1. The monoisotopic (exact) mass is 253 g/mol. The van der Waals surface area contributed by atoms with E-state index in [9.17, 15) is 4.79 Å². The minimum absolute atomic E-state index is 0.216. The first kappa shape index (κ1) is 13.8. The van der Waals surface area contributed by atoms with E-state index in [1.165, 1.54) is 19.4 Å². The molecular weight excluding hydrogens is 226 g/mol. The van der Waals surface area contributed by atoms with Gasteiger partial charge in [0.15, 0.2) is 0 Å². The minimum Gasteiger partial charge on any atom is -0.340 e. The summed E-state index contributed by atoms with van der Waals surface area (Å²) in [5.41, 5.74) is 5.70. The fourth-order valence-corrected chi connectivity index (χ4v) is 2.58. The van der Waals surface area contributed by atoms with Gasteiger partial charge >= 0.3 is 0 Å². The summed E-state index contributed by atoms with van der Waals surface area (Å²) < 4.78 is 0. The summed E-state index contributed by atoms with van der Waals surface area (Å²) in [6.45, 7) is 7.23. The molecule has 1 aliphatic carbocycles. The number of carbonyl (C=O) groups excluding carboxylic acids is 1. The van der Waals surface area contributed by atoms with Gasteiger partial charge in [-0.2, -0.15) is 0 Å². The van der Waals surface area contributed by atoms with Crippen LogP contribution < -0.4 is 5.73 Å². The standard InChI is InChI=1S/C14H27N3O/c1-12(15)3-2-4-14(18)17-9-7-16(8-10-17)11-13-5-6-13/h12-13H,2-11,15H2,1H3. The Balaban J connectivity index is 1.60. The SMILES string of the molecule is CC(N)CCCC(=O)N1CCN(CC2CC2)CC1. The summed E-state index contributed by atoms with van der Waals surface area (Å²) in [6, 6.07) is 0.216. The first-order chi connectivity index (χ1) is 8.65. The summed E-state index contributed by atoms with van der Waals surface area (Å²) in [7, 11) is 0.